The summed E-state index contributed by atoms with van der Waals surface area (Å²) in [6.07, 6.45) is 0. The molecule has 6 heteroatoms. The molecule has 27 heavy (non-hydrogen) atoms. The lowest BCUT2D eigenvalue weighted by atomic mass is 10.00. The number of hydrogen-bond donors (Lipinski definition) is 0. The van der Waals surface area contributed by atoms with Gasteiger partial charge >= 0.3 is 0 Å². The van der Waals surface area contributed by atoms with Gasteiger partial charge in [0.2, 0.25) is 0 Å². The highest BCUT2D eigenvalue weighted by atomic mass is 79.9. The van der Waals surface area contributed by atoms with Gasteiger partial charge in [0.15, 0.2) is 0 Å². The molecule has 0 N–H and O–H groups in total. The van der Waals surface area contributed by atoms with Gasteiger partial charge in [-0.3, -0.25) is 4.79 Å². The summed E-state index contributed by atoms with van der Waals surface area (Å²) in [5.74, 6) is 0.992. The second-order valence-corrected chi connectivity index (χ2v) is 8.48. The van der Waals surface area contributed by atoms with Gasteiger partial charge in [-0.2, -0.15) is 0 Å². The fourth-order valence-electron chi connectivity index (χ4n) is 3.21. The van der Waals surface area contributed by atoms with Crippen LogP contribution in [0.4, 0.5) is 5.69 Å². The van der Waals surface area contributed by atoms with E-state index in [0.717, 1.165) is 27.1 Å². The highest BCUT2D eigenvalue weighted by molar-refractivity contribution is 9.09. The molecule has 0 saturated heterocycles. The average molecular weight is 463 g/mol. The van der Waals surface area contributed by atoms with E-state index in [1.54, 1.807) is 18.0 Å². The first-order chi connectivity index (χ1) is 13.1. The molecular weight excluding hydrogens is 446 g/mol. The zero-order valence-corrected chi connectivity index (χ0v) is 17.8. The van der Waals surface area contributed by atoms with Crippen molar-refractivity contribution in [3.05, 3.63) is 70.1 Å². The topological polar surface area (TPSA) is 29.5 Å². The quantitative estimate of drug-likeness (QED) is 0.433. The van der Waals surface area contributed by atoms with Crippen molar-refractivity contribution in [1.29, 1.82) is 0 Å². The van der Waals surface area contributed by atoms with Crippen LogP contribution >= 0.6 is 38.9 Å². The third kappa shape index (κ3) is 3.40. The minimum Gasteiger partial charge on any atom is -0.492 e. The van der Waals surface area contributed by atoms with Crippen LogP contribution in [0.3, 0.4) is 0 Å². The number of carbonyl (C=O) groups excluding carboxylic acids is 1. The Kier molecular flexibility index (Phi) is 5.26. The highest BCUT2D eigenvalue weighted by Gasteiger charge is 2.28. The molecule has 3 nitrogen and oxygen atoms in total. The maximum atomic E-state index is 13.1. The Hall–Kier alpha value is -1.82. The summed E-state index contributed by atoms with van der Waals surface area (Å²) < 4.78 is 5.99. The Morgan fingerprint density at radius 2 is 2.00 bits per heavy atom. The predicted molar refractivity (Wildman–Crippen MR) is 116 cm³/mol. The maximum Gasteiger partial charge on any atom is 0.268 e. The Bertz CT molecular complexity index is 1000. The Morgan fingerprint density at radius 1 is 1.26 bits per heavy atom. The van der Waals surface area contributed by atoms with Crippen LogP contribution in [0.1, 0.15) is 21.2 Å². The summed E-state index contributed by atoms with van der Waals surface area (Å²) >= 11 is 11.4. The predicted octanol–water partition coefficient (Wildman–Crippen LogP) is 6.22. The van der Waals surface area contributed by atoms with Crippen LogP contribution in [-0.2, 0) is 0 Å². The molecule has 1 aliphatic heterocycles. The summed E-state index contributed by atoms with van der Waals surface area (Å²) in [7, 11) is 1.76. The maximum absolute atomic E-state index is 13.1. The van der Waals surface area contributed by atoms with Crippen molar-refractivity contribution < 1.29 is 9.53 Å². The van der Waals surface area contributed by atoms with Crippen molar-refractivity contribution in [2.75, 3.05) is 23.9 Å². The summed E-state index contributed by atoms with van der Waals surface area (Å²) in [5.41, 5.74) is 2.90. The number of carbonyl (C=O) groups is 1. The first kappa shape index (κ1) is 18.5. The number of thiophene rings is 1. The lowest BCUT2D eigenvalue weighted by Gasteiger charge is -2.17. The third-order valence-corrected chi connectivity index (χ3v) is 6.96. The molecule has 3 aromatic rings. The largest absolute Gasteiger partial charge is 0.492 e. The number of ether oxygens (including phenoxy) is 1. The van der Waals surface area contributed by atoms with Crippen LogP contribution in [0.15, 0.2) is 54.6 Å². The first-order valence-electron chi connectivity index (χ1n) is 8.54. The normalized spacial score (nSPS) is 15.3. The van der Waals surface area contributed by atoms with Crippen molar-refractivity contribution >= 4 is 50.5 Å². The van der Waals surface area contributed by atoms with E-state index in [4.69, 9.17) is 16.3 Å². The van der Waals surface area contributed by atoms with Crippen molar-refractivity contribution in [3.8, 4) is 16.2 Å². The first-order valence-corrected chi connectivity index (χ1v) is 10.9. The lowest BCUT2D eigenvalue weighted by molar-refractivity contribution is 0.0996. The summed E-state index contributed by atoms with van der Waals surface area (Å²) in [6.45, 7) is 0.583. The third-order valence-electron chi connectivity index (χ3n) is 4.69. The molecular formula is C21H17BrClNO2S. The molecule has 0 radical (unpaired) electrons. The van der Waals surface area contributed by atoms with Gasteiger partial charge in [0.25, 0.3) is 5.91 Å². The molecule has 0 fully saturated rings. The van der Waals surface area contributed by atoms with Gasteiger partial charge in [-0.15, -0.1) is 11.3 Å². The average Bonchev–Trinajstić information content (AvgIpc) is 3.07. The molecule has 1 amide bonds. The number of nitrogens with zero attached hydrogens (tertiary/aromatic N) is 1. The van der Waals surface area contributed by atoms with Gasteiger partial charge in [0.05, 0.1) is 22.2 Å². The SMILES string of the molecule is CN(C(=O)c1cc2c(s1)-c1ccccc1OCC2CBr)c1ccccc1Cl. The minimum atomic E-state index is -0.0621. The zero-order valence-electron chi connectivity index (χ0n) is 14.6. The van der Waals surface area contributed by atoms with Crippen LogP contribution in [0.2, 0.25) is 5.02 Å². The minimum absolute atomic E-state index is 0.0621. The molecule has 1 aliphatic rings. The van der Waals surface area contributed by atoms with Crippen molar-refractivity contribution in [2.45, 2.75) is 5.92 Å². The second kappa shape index (κ2) is 7.66. The van der Waals surface area contributed by atoms with Crippen LogP contribution in [0.5, 0.6) is 5.75 Å². The van der Waals surface area contributed by atoms with E-state index in [1.807, 2.05) is 48.5 Å². The Labute approximate surface area is 175 Å². The van der Waals surface area contributed by atoms with Gasteiger partial charge in [-0.25, -0.2) is 0 Å². The number of rotatable bonds is 3. The van der Waals surface area contributed by atoms with E-state index in [-0.39, 0.29) is 11.8 Å². The summed E-state index contributed by atoms with van der Waals surface area (Å²) in [5, 5.41) is 1.34. The molecule has 4 rings (SSSR count). The van der Waals surface area contributed by atoms with Crippen molar-refractivity contribution in [1.82, 2.24) is 0 Å². The van der Waals surface area contributed by atoms with Crippen LogP contribution < -0.4 is 9.64 Å². The molecule has 1 unspecified atom stereocenters. The van der Waals surface area contributed by atoms with Gasteiger partial charge in [-0.1, -0.05) is 51.8 Å². The second-order valence-electron chi connectivity index (χ2n) is 6.37. The van der Waals surface area contributed by atoms with Crippen LogP contribution in [-0.4, -0.2) is 24.9 Å². The number of alkyl halides is 1. The van der Waals surface area contributed by atoms with E-state index < -0.39 is 0 Å². The summed E-state index contributed by atoms with van der Waals surface area (Å²) in [6, 6.07) is 17.4. The van der Waals surface area contributed by atoms with Gasteiger partial charge in [-0.05, 0) is 35.9 Å². The van der Waals surface area contributed by atoms with Gasteiger partial charge in [0.1, 0.15) is 5.75 Å². The van der Waals surface area contributed by atoms with Crippen molar-refractivity contribution in [2.24, 2.45) is 0 Å². The molecule has 2 aromatic carbocycles. The molecule has 0 aliphatic carbocycles. The molecule has 1 atom stereocenters. The summed E-state index contributed by atoms with van der Waals surface area (Å²) in [4.78, 5) is 16.6. The Morgan fingerprint density at radius 3 is 2.78 bits per heavy atom. The number of amides is 1. The fraction of sp³-hybridized carbons (Fsp3) is 0.190. The fourth-order valence-corrected chi connectivity index (χ4v) is 5.26. The van der Waals surface area contributed by atoms with E-state index >= 15 is 0 Å². The number of anilines is 1. The monoisotopic (exact) mass is 461 g/mol. The standard InChI is InChI=1S/C21H17BrClNO2S/c1-24(17-8-4-3-7-16(17)23)21(25)19-10-15-13(11-22)12-26-18-9-5-2-6-14(18)20(15)27-19/h2-10,13H,11-12H2,1H3. The molecule has 2 heterocycles. The zero-order chi connectivity index (χ0) is 19.0. The van der Waals surface area contributed by atoms with Crippen LogP contribution in [0, 0.1) is 0 Å². The van der Waals surface area contributed by atoms with Crippen LogP contribution in [0.25, 0.3) is 10.4 Å². The van der Waals surface area contributed by atoms with Gasteiger partial charge < -0.3 is 9.64 Å². The molecule has 0 spiro atoms. The van der Waals surface area contributed by atoms with Gasteiger partial charge in [0, 0.05) is 28.7 Å². The smallest absolute Gasteiger partial charge is 0.268 e. The molecule has 1 aromatic heterocycles. The Balaban J connectivity index is 1.77. The van der Waals surface area contributed by atoms with Crippen molar-refractivity contribution in [3.63, 3.8) is 0 Å². The van der Waals surface area contributed by atoms with E-state index in [9.17, 15) is 4.79 Å². The number of benzene rings is 2. The van der Waals surface area contributed by atoms with E-state index in [1.165, 1.54) is 11.3 Å². The number of para-hydroxylation sites is 2. The number of hydrogen-bond acceptors (Lipinski definition) is 3. The highest BCUT2D eigenvalue weighted by Crippen LogP contribution is 2.44. The number of halogens is 2. The lowest BCUT2D eigenvalue weighted by Crippen LogP contribution is -2.25. The molecule has 0 saturated carbocycles. The number of fused-ring (bicyclic) bond motifs is 3. The molecule has 138 valence electrons. The van der Waals surface area contributed by atoms with E-state index in [2.05, 4.69) is 15.9 Å². The van der Waals surface area contributed by atoms with E-state index in [0.29, 0.717) is 22.2 Å². The molecule has 0 bridgehead atoms.